The molecule has 0 aliphatic heterocycles. The van der Waals surface area contributed by atoms with E-state index in [1.807, 2.05) is 0 Å². The third-order valence-corrected chi connectivity index (χ3v) is 3.42. The number of nitrogens with one attached hydrogen (secondary N) is 1. The summed E-state index contributed by atoms with van der Waals surface area (Å²) in [5.74, 6) is 3.61. The number of pyridine rings is 1. The van der Waals surface area contributed by atoms with Crippen molar-refractivity contribution in [2.75, 3.05) is 16.9 Å². The highest BCUT2D eigenvalue weighted by atomic mass is 19.3. The maximum Gasteiger partial charge on any atom is 0.256 e. The Labute approximate surface area is 146 Å². The van der Waals surface area contributed by atoms with Crippen molar-refractivity contribution in [1.29, 1.82) is 0 Å². The van der Waals surface area contributed by atoms with Gasteiger partial charge in [-0.15, -0.1) is 0 Å². The van der Waals surface area contributed by atoms with Crippen LogP contribution in [0.5, 0.6) is 0 Å². The Bertz CT molecular complexity index is 935. The largest absolute Gasteiger partial charge is 0.320 e. The Balaban J connectivity index is 2.27. The molecule has 2 heterocycles. The SMILES string of the molecule is [B]c1cc(F)cc(N(CC(F)F)c2nc(NN)nc3ncc(F)cc23)c1. The van der Waals surface area contributed by atoms with E-state index in [2.05, 4.69) is 20.4 Å². The molecule has 1 aromatic carbocycles. The average Bonchev–Trinajstić information content (AvgIpc) is 2.58. The monoisotopic (exact) mass is 362 g/mol. The predicted octanol–water partition coefficient (Wildman–Crippen LogP) is 1.79. The fourth-order valence-corrected chi connectivity index (χ4v) is 2.45. The Kier molecular flexibility index (Phi) is 4.89. The maximum absolute atomic E-state index is 13.7. The van der Waals surface area contributed by atoms with Gasteiger partial charge in [-0.2, -0.15) is 9.97 Å². The minimum Gasteiger partial charge on any atom is -0.320 e. The first-order valence-corrected chi connectivity index (χ1v) is 7.29. The molecule has 0 atom stereocenters. The number of benzene rings is 1. The molecule has 132 valence electrons. The van der Waals surface area contributed by atoms with Gasteiger partial charge in [-0.1, -0.05) is 5.46 Å². The number of hydrogen-bond acceptors (Lipinski definition) is 6. The molecule has 0 aliphatic rings. The number of aromatic nitrogens is 3. The third-order valence-electron chi connectivity index (χ3n) is 3.42. The van der Waals surface area contributed by atoms with Crippen molar-refractivity contribution in [3.05, 3.63) is 42.1 Å². The molecule has 0 spiro atoms. The highest BCUT2D eigenvalue weighted by Gasteiger charge is 2.22. The molecule has 2 aromatic heterocycles. The van der Waals surface area contributed by atoms with E-state index in [-0.39, 0.29) is 33.9 Å². The summed E-state index contributed by atoms with van der Waals surface area (Å²) in [4.78, 5) is 12.8. The minimum atomic E-state index is -2.81. The molecule has 11 heteroatoms. The van der Waals surface area contributed by atoms with Crippen LogP contribution >= 0.6 is 0 Å². The smallest absolute Gasteiger partial charge is 0.256 e. The number of alkyl halides is 2. The Morgan fingerprint density at radius 3 is 2.54 bits per heavy atom. The Morgan fingerprint density at radius 1 is 1.12 bits per heavy atom. The van der Waals surface area contributed by atoms with Gasteiger partial charge in [-0.05, 0) is 24.3 Å². The van der Waals surface area contributed by atoms with Crippen LogP contribution in [0.1, 0.15) is 0 Å². The second kappa shape index (κ2) is 7.12. The third kappa shape index (κ3) is 3.67. The lowest BCUT2D eigenvalue weighted by atomic mass is 9.95. The molecule has 3 N–H and O–H groups in total. The van der Waals surface area contributed by atoms with Gasteiger partial charge in [0.25, 0.3) is 6.43 Å². The lowest BCUT2D eigenvalue weighted by Crippen LogP contribution is -2.27. The quantitative estimate of drug-likeness (QED) is 0.312. The molecule has 0 fully saturated rings. The van der Waals surface area contributed by atoms with Gasteiger partial charge < -0.3 is 4.90 Å². The van der Waals surface area contributed by atoms with E-state index in [1.54, 1.807) is 0 Å². The second-order valence-electron chi connectivity index (χ2n) is 5.28. The van der Waals surface area contributed by atoms with E-state index < -0.39 is 24.6 Å². The zero-order chi connectivity index (χ0) is 18.8. The molecule has 0 saturated heterocycles. The number of rotatable bonds is 5. The Morgan fingerprint density at radius 2 is 1.88 bits per heavy atom. The molecule has 3 aromatic rings. The van der Waals surface area contributed by atoms with E-state index in [4.69, 9.17) is 13.7 Å². The first-order valence-electron chi connectivity index (χ1n) is 7.29. The van der Waals surface area contributed by atoms with Crippen LogP contribution in [0.2, 0.25) is 0 Å². The summed E-state index contributed by atoms with van der Waals surface area (Å²) in [6, 6.07) is 4.38. The van der Waals surface area contributed by atoms with Crippen molar-refractivity contribution in [3.63, 3.8) is 0 Å². The van der Waals surface area contributed by atoms with Crippen LogP contribution in [-0.2, 0) is 0 Å². The Hall–Kier alpha value is -2.95. The van der Waals surface area contributed by atoms with Crippen molar-refractivity contribution in [3.8, 4) is 0 Å². The standard InChI is InChI=1S/C15H11BF4N6/c16-7-1-8(17)3-10(2-7)26(6-12(19)20)14-11-4-9(18)5-22-13(11)23-15(24-14)25-21/h1-5,12H,6,21H2,(H,22,23,24,25). The van der Waals surface area contributed by atoms with Crippen molar-refractivity contribution in [1.82, 2.24) is 15.0 Å². The van der Waals surface area contributed by atoms with E-state index in [1.165, 1.54) is 6.07 Å². The number of halogens is 4. The molecule has 6 nitrogen and oxygen atoms in total. The fraction of sp³-hybridized carbons (Fsp3) is 0.133. The molecular formula is C15H11BF4N6. The van der Waals surface area contributed by atoms with Gasteiger partial charge in [0, 0.05) is 5.69 Å². The first-order chi connectivity index (χ1) is 12.4. The summed E-state index contributed by atoms with van der Waals surface area (Å²) in [5, 5.41) is 0.0486. The number of hydrogen-bond donors (Lipinski definition) is 2. The highest BCUT2D eigenvalue weighted by Crippen LogP contribution is 2.31. The molecule has 2 radical (unpaired) electrons. The topological polar surface area (TPSA) is 80.0 Å². The van der Waals surface area contributed by atoms with E-state index >= 15 is 0 Å². The molecule has 26 heavy (non-hydrogen) atoms. The van der Waals surface area contributed by atoms with Gasteiger partial charge >= 0.3 is 0 Å². The molecule has 0 amide bonds. The number of fused-ring (bicyclic) bond motifs is 1. The van der Waals surface area contributed by atoms with Crippen LogP contribution < -0.4 is 21.6 Å². The van der Waals surface area contributed by atoms with Crippen molar-refractivity contribution in [2.24, 2.45) is 5.84 Å². The fourth-order valence-electron chi connectivity index (χ4n) is 2.45. The van der Waals surface area contributed by atoms with Gasteiger partial charge in [0.15, 0.2) is 5.65 Å². The molecule has 0 bridgehead atoms. The van der Waals surface area contributed by atoms with Crippen LogP contribution in [-0.4, -0.2) is 35.8 Å². The summed E-state index contributed by atoms with van der Waals surface area (Å²) < 4.78 is 53.7. The predicted molar refractivity (Wildman–Crippen MR) is 89.9 cm³/mol. The minimum absolute atomic E-state index is 0.00929. The lowest BCUT2D eigenvalue weighted by molar-refractivity contribution is 0.158. The number of nitrogens with zero attached hydrogens (tertiary/aromatic N) is 4. The molecular weight excluding hydrogens is 351 g/mol. The van der Waals surface area contributed by atoms with Gasteiger partial charge in [0.1, 0.15) is 25.3 Å². The summed E-state index contributed by atoms with van der Waals surface area (Å²) in [5.41, 5.74) is 2.25. The van der Waals surface area contributed by atoms with Crippen molar-refractivity contribution < 1.29 is 17.6 Å². The number of hydrazine groups is 1. The van der Waals surface area contributed by atoms with E-state index in [0.29, 0.717) is 0 Å². The van der Waals surface area contributed by atoms with Crippen molar-refractivity contribution in [2.45, 2.75) is 6.43 Å². The zero-order valence-corrected chi connectivity index (χ0v) is 13.1. The summed E-state index contributed by atoms with van der Waals surface area (Å²) in [7, 11) is 5.61. The van der Waals surface area contributed by atoms with E-state index in [0.717, 1.165) is 29.3 Å². The van der Waals surface area contributed by atoms with Gasteiger partial charge in [-0.3, -0.25) is 5.43 Å². The zero-order valence-electron chi connectivity index (χ0n) is 13.1. The van der Waals surface area contributed by atoms with Crippen LogP contribution in [0.25, 0.3) is 11.0 Å². The van der Waals surface area contributed by atoms with Crippen LogP contribution in [0.15, 0.2) is 30.5 Å². The lowest BCUT2D eigenvalue weighted by Gasteiger charge is -2.25. The van der Waals surface area contributed by atoms with Crippen LogP contribution in [0.3, 0.4) is 0 Å². The number of nitrogens with two attached hydrogens (primary N) is 1. The van der Waals surface area contributed by atoms with Crippen LogP contribution in [0.4, 0.5) is 35.0 Å². The average molecular weight is 362 g/mol. The number of nitrogen functional groups attached to an aromatic ring is 1. The molecule has 0 aliphatic carbocycles. The summed E-state index contributed by atoms with van der Waals surface area (Å²) in [6.07, 6.45) is -1.89. The molecule has 3 rings (SSSR count). The molecule has 0 saturated carbocycles. The van der Waals surface area contributed by atoms with Gasteiger partial charge in [-0.25, -0.2) is 28.4 Å². The second-order valence-corrected chi connectivity index (χ2v) is 5.28. The van der Waals surface area contributed by atoms with E-state index in [9.17, 15) is 17.6 Å². The summed E-state index contributed by atoms with van der Waals surface area (Å²) >= 11 is 0. The van der Waals surface area contributed by atoms with Gasteiger partial charge in [0.05, 0.1) is 18.1 Å². The van der Waals surface area contributed by atoms with Gasteiger partial charge in [0.2, 0.25) is 5.95 Å². The normalized spacial score (nSPS) is 11.2. The molecule has 0 unspecified atom stereocenters. The highest BCUT2D eigenvalue weighted by molar-refractivity contribution is 6.32. The first kappa shape index (κ1) is 17.9. The van der Waals surface area contributed by atoms with Crippen LogP contribution in [0, 0.1) is 11.6 Å². The maximum atomic E-state index is 13.7. The number of anilines is 3. The van der Waals surface area contributed by atoms with Crippen molar-refractivity contribution >= 4 is 41.8 Å². The summed E-state index contributed by atoms with van der Waals surface area (Å²) in [6.45, 7) is -0.852.